The van der Waals surface area contributed by atoms with Crippen molar-refractivity contribution in [1.82, 2.24) is 0 Å². The minimum atomic E-state index is -0.250. The van der Waals surface area contributed by atoms with Crippen LogP contribution in [0, 0.1) is 0 Å². The highest BCUT2D eigenvalue weighted by atomic mass is 16.3. The number of hydrogen-bond acceptors (Lipinski definition) is 2. The Bertz CT molecular complexity index is 108. The van der Waals surface area contributed by atoms with E-state index >= 15 is 0 Å². The molecule has 0 heterocycles. The average molecular weight is 176 g/mol. The maximum atomic E-state index is 8.36. The molecule has 0 rings (SSSR count). The van der Waals surface area contributed by atoms with Crippen molar-refractivity contribution in [2.45, 2.75) is 27.2 Å². The van der Waals surface area contributed by atoms with Gasteiger partial charge < -0.3 is 10.2 Å². The SMILES string of the molecule is CCC=C(C)C.O=CO.O=CO. The van der Waals surface area contributed by atoms with Gasteiger partial charge in [-0.05, 0) is 20.3 Å². The first-order valence-electron chi connectivity index (χ1n) is 3.39. The van der Waals surface area contributed by atoms with Gasteiger partial charge in [0.1, 0.15) is 0 Å². The summed E-state index contributed by atoms with van der Waals surface area (Å²) >= 11 is 0. The molecule has 0 atom stereocenters. The zero-order chi connectivity index (χ0) is 10.4. The number of rotatable bonds is 1. The van der Waals surface area contributed by atoms with E-state index in [9.17, 15) is 0 Å². The third-order valence-electron chi connectivity index (χ3n) is 0.612. The average Bonchev–Trinajstić information content (AvgIpc) is 1.89. The van der Waals surface area contributed by atoms with Crippen LogP contribution in [0.5, 0.6) is 0 Å². The number of allylic oxidation sites excluding steroid dienone is 2. The minimum absolute atomic E-state index is 0.250. The number of carboxylic acid groups (broad SMARTS) is 2. The fourth-order valence-corrected chi connectivity index (χ4v) is 0.408. The fourth-order valence-electron chi connectivity index (χ4n) is 0.408. The van der Waals surface area contributed by atoms with E-state index in [0.717, 1.165) is 0 Å². The first kappa shape index (κ1) is 17.0. The summed E-state index contributed by atoms with van der Waals surface area (Å²) in [6.07, 6.45) is 3.38. The Balaban J connectivity index is -0.000000115. The topological polar surface area (TPSA) is 74.6 Å². The molecule has 0 aliphatic carbocycles. The molecule has 0 radical (unpaired) electrons. The van der Waals surface area contributed by atoms with Crippen LogP contribution in [0.2, 0.25) is 0 Å². The van der Waals surface area contributed by atoms with E-state index in [2.05, 4.69) is 26.8 Å². The Hall–Kier alpha value is -1.32. The smallest absolute Gasteiger partial charge is 0.290 e. The Labute approximate surface area is 72.5 Å². The first-order chi connectivity index (χ1) is 5.60. The third-order valence-corrected chi connectivity index (χ3v) is 0.612. The standard InChI is InChI=1S/C6H12.2CH2O2/c1-4-5-6(2)3;2*2-1-3/h5H,4H2,1-3H3;2*1H,(H,2,3). The second kappa shape index (κ2) is 22.6. The molecule has 12 heavy (non-hydrogen) atoms. The van der Waals surface area contributed by atoms with Crippen LogP contribution in [0.4, 0.5) is 0 Å². The maximum absolute atomic E-state index is 8.36. The van der Waals surface area contributed by atoms with Gasteiger partial charge in [0, 0.05) is 0 Å². The molecule has 0 saturated heterocycles. The quantitative estimate of drug-likeness (QED) is 0.471. The molecule has 0 aliphatic heterocycles. The molecule has 0 fully saturated rings. The van der Waals surface area contributed by atoms with Gasteiger partial charge in [-0.25, -0.2) is 0 Å². The molecule has 0 saturated carbocycles. The van der Waals surface area contributed by atoms with Crippen molar-refractivity contribution in [2.24, 2.45) is 0 Å². The lowest BCUT2D eigenvalue weighted by atomic mass is 10.3. The largest absolute Gasteiger partial charge is 0.483 e. The fraction of sp³-hybridized carbons (Fsp3) is 0.500. The van der Waals surface area contributed by atoms with Gasteiger partial charge in [-0.1, -0.05) is 18.6 Å². The van der Waals surface area contributed by atoms with Crippen LogP contribution in [0.3, 0.4) is 0 Å². The van der Waals surface area contributed by atoms with Gasteiger partial charge in [0.25, 0.3) is 12.9 Å². The minimum Gasteiger partial charge on any atom is -0.483 e. The van der Waals surface area contributed by atoms with Gasteiger partial charge >= 0.3 is 0 Å². The summed E-state index contributed by atoms with van der Waals surface area (Å²) in [5, 5.41) is 13.8. The summed E-state index contributed by atoms with van der Waals surface area (Å²) in [4.78, 5) is 16.7. The molecular formula is C8H16O4. The van der Waals surface area contributed by atoms with E-state index in [-0.39, 0.29) is 12.9 Å². The van der Waals surface area contributed by atoms with E-state index in [0.29, 0.717) is 0 Å². The summed E-state index contributed by atoms with van der Waals surface area (Å²) in [5.74, 6) is 0. The lowest BCUT2D eigenvalue weighted by Crippen LogP contribution is -1.58. The molecule has 0 spiro atoms. The summed E-state index contributed by atoms with van der Waals surface area (Å²) in [6.45, 7) is 5.88. The zero-order valence-corrected chi connectivity index (χ0v) is 7.65. The highest BCUT2D eigenvalue weighted by molar-refractivity contribution is 5.32. The molecule has 4 heteroatoms. The summed E-state index contributed by atoms with van der Waals surface area (Å²) in [7, 11) is 0. The van der Waals surface area contributed by atoms with Gasteiger partial charge in [0.05, 0.1) is 0 Å². The van der Waals surface area contributed by atoms with Crippen molar-refractivity contribution < 1.29 is 19.8 Å². The molecule has 0 aromatic carbocycles. The highest BCUT2D eigenvalue weighted by Crippen LogP contribution is 1.88. The summed E-state index contributed by atoms with van der Waals surface area (Å²) in [6, 6.07) is 0. The van der Waals surface area contributed by atoms with Crippen LogP contribution < -0.4 is 0 Å². The molecule has 0 bridgehead atoms. The predicted octanol–water partition coefficient (Wildman–Crippen LogP) is 1.76. The Morgan fingerprint density at radius 1 is 1.17 bits per heavy atom. The second-order valence-corrected chi connectivity index (χ2v) is 1.90. The molecule has 72 valence electrons. The van der Waals surface area contributed by atoms with Crippen molar-refractivity contribution in [3.8, 4) is 0 Å². The van der Waals surface area contributed by atoms with E-state index in [1.54, 1.807) is 0 Å². The van der Waals surface area contributed by atoms with Crippen LogP contribution in [-0.4, -0.2) is 23.2 Å². The Kier molecular flexibility index (Phi) is 32.0. The van der Waals surface area contributed by atoms with E-state index in [4.69, 9.17) is 19.8 Å². The van der Waals surface area contributed by atoms with Crippen LogP contribution >= 0.6 is 0 Å². The molecule has 2 N–H and O–H groups in total. The van der Waals surface area contributed by atoms with E-state index in [1.807, 2.05) is 0 Å². The maximum Gasteiger partial charge on any atom is 0.290 e. The van der Waals surface area contributed by atoms with Crippen LogP contribution in [0.1, 0.15) is 27.2 Å². The van der Waals surface area contributed by atoms with Crippen LogP contribution in [0.25, 0.3) is 0 Å². The molecule has 0 aliphatic rings. The molecule has 0 aromatic heterocycles. The monoisotopic (exact) mass is 176 g/mol. The van der Waals surface area contributed by atoms with Crippen molar-refractivity contribution in [3.05, 3.63) is 11.6 Å². The van der Waals surface area contributed by atoms with Crippen molar-refractivity contribution in [3.63, 3.8) is 0 Å². The summed E-state index contributed by atoms with van der Waals surface area (Å²) in [5.41, 5.74) is 1.41. The van der Waals surface area contributed by atoms with Crippen LogP contribution in [0.15, 0.2) is 11.6 Å². The lowest BCUT2D eigenvalue weighted by molar-refractivity contribution is -0.123. The van der Waals surface area contributed by atoms with Gasteiger partial charge in [-0.15, -0.1) is 0 Å². The molecule has 4 nitrogen and oxygen atoms in total. The zero-order valence-electron chi connectivity index (χ0n) is 7.65. The van der Waals surface area contributed by atoms with Gasteiger partial charge in [0.2, 0.25) is 0 Å². The Morgan fingerprint density at radius 3 is 1.42 bits per heavy atom. The van der Waals surface area contributed by atoms with E-state index in [1.165, 1.54) is 12.0 Å². The van der Waals surface area contributed by atoms with Crippen molar-refractivity contribution >= 4 is 12.9 Å². The molecule has 0 amide bonds. The van der Waals surface area contributed by atoms with Gasteiger partial charge in [-0.3, -0.25) is 9.59 Å². The van der Waals surface area contributed by atoms with Gasteiger partial charge in [-0.2, -0.15) is 0 Å². The van der Waals surface area contributed by atoms with E-state index < -0.39 is 0 Å². The number of hydrogen-bond donors (Lipinski definition) is 2. The van der Waals surface area contributed by atoms with Crippen molar-refractivity contribution in [1.29, 1.82) is 0 Å². The molecular weight excluding hydrogens is 160 g/mol. The summed E-state index contributed by atoms with van der Waals surface area (Å²) < 4.78 is 0. The second-order valence-electron chi connectivity index (χ2n) is 1.90. The number of carbonyl (C=O) groups is 2. The van der Waals surface area contributed by atoms with Crippen LogP contribution in [-0.2, 0) is 9.59 Å². The normalized spacial score (nSPS) is 5.92. The third kappa shape index (κ3) is 181. The highest BCUT2D eigenvalue weighted by Gasteiger charge is 1.67. The Morgan fingerprint density at radius 2 is 1.42 bits per heavy atom. The lowest BCUT2D eigenvalue weighted by Gasteiger charge is -1.80. The molecule has 0 unspecified atom stereocenters. The van der Waals surface area contributed by atoms with Gasteiger partial charge in [0.15, 0.2) is 0 Å². The predicted molar refractivity (Wildman–Crippen MR) is 47.1 cm³/mol. The molecule has 0 aromatic rings. The van der Waals surface area contributed by atoms with Crippen molar-refractivity contribution in [2.75, 3.05) is 0 Å². The first-order valence-corrected chi connectivity index (χ1v) is 3.39.